The molecule has 0 saturated heterocycles. The molecule has 4 heteroatoms. The average molecular weight is 265 g/mol. The third-order valence-electron chi connectivity index (χ3n) is 1.52. The summed E-state index contributed by atoms with van der Waals surface area (Å²) in [4.78, 5) is 9.71. The van der Waals surface area contributed by atoms with Crippen molar-refractivity contribution in [3.63, 3.8) is 0 Å². The van der Waals surface area contributed by atoms with Gasteiger partial charge in [0.1, 0.15) is 7.05 Å². The average Bonchev–Trinajstić information content (AvgIpc) is 2.34. The van der Waals surface area contributed by atoms with E-state index in [4.69, 9.17) is 9.88 Å². The summed E-state index contributed by atoms with van der Waals surface area (Å²) >= 11 is 0. The van der Waals surface area contributed by atoms with E-state index < -0.39 is 0 Å². The zero-order valence-corrected chi connectivity index (χ0v) is 8.16. The second kappa shape index (κ2) is 3.38. The highest BCUT2D eigenvalue weighted by atomic mass is 127. The van der Waals surface area contributed by atoms with Crippen molar-refractivity contribution in [2.75, 3.05) is 7.05 Å². The van der Waals surface area contributed by atoms with Gasteiger partial charge in [0.05, 0.1) is 0 Å². The van der Waals surface area contributed by atoms with Gasteiger partial charge in [-0.25, -0.2) is 0 Å². The van der Waals surface area contributed by atoms with Crippen molar-refractivity contribution in [1.29, 1.82) is 0 Å². The van der Waals surface area contributed by atoms with Crippen LogP contribution in [0.25, 0.3) is 0 Å². The standard InChI is InChI=1S/C7H7NO2.HI/c1-8-6-4-2-3-5-7(6)9-10-8;/h2-5H,1H3;1H. The summed E-state index contributed by atoms with van der Waals surface area (Å²) in [5.41, 5.74) is 1.04. The van der Waals surface area contributed by atoms with E-state index in [1.54, 1.807) is 0 Å². The first-order valence-electron chi connectivity index (χ1n) is 3.15. The van der Waals surface area contributed by atoms with Gasteiger partial charge in [-0.05, 0) is 6.07 Å². The molecule has 0 fully saturated rings. The molecule has 0 saturated carbocycles. The number of fused-ring (bicyclic) bond motifs is 1. The lowest BCUT2D eigenvalue weighted by molar-refractivity contribution is -1.06. The number of nitrogens with one attached hydrogen (secondary N) is 1. The van der Waals surface area contributed by atoms with Gasteiger partial charge in [0.2, 0.25) is 11.4 Å². The van der Waals surface area contributed by atoms with E-state index in [9.17, 15) is 0 Å². The molecule has 1 aromatic carbocycles. The van der Waals surface area contributed by atoms with Gasteiger partial charge in [-0.3, -0.25) is 4.89 Å². The van der Waals surface area contributed by atoms with Gasteiger partial charge in [0, 0.05) is 11.1 Å². The SMILES string of the molecule is C[NH+]1OOc2ccccc21.[I-]. The molecule has 0 radical (unpaired) electrons. The van der Waals surface area contributed by atoms with Crippen molar-refractivity contribution >= 4 is 5.69 Å². The number of halogens is 1. The fourth-order valence-electron chi connectivity index (χ4n) is 0.982. The van der Waals surface area contributed by atoms with Crippen LogP contribution in [0.15, 0.2) is 24.3 Å². The molecule has 1 N–H and O–H groups in total. The van der Waals surface area contributed by atoms with Crippen LogP contribution in [0.4, 0.5) is 5.69 Å². The van der Waals surface area contributed by atoms with Crippen LogP contribution in [0.3, 0.4) is 0 Å². The zero-order chi connectivity index (χ0) is 6.97. The van der Waals surface area contributed by atoms with Crippen LogP contribution >= 0.6 is 0 Å². The predicted molar refractivity (Wildman–Crippen MR) is 34.7 cm³/mol. The van der Waals surface area contributed by atoms with Gasteiger partial charge in [0.25, 0.3) is 0 Å². The second-order valence-corrected chi connectivity index (χ2v) is 2.22. The van der Waals surface area contributed by atoms with Crippen LogP contribution < -0.4 is 33.9 Å². The van der Waals surface area contributed by atoms with E-state index in [0.717, 1.165) is 16.5 Å². The molecule has 1 aromatic rings. The Bertz CT molecular complexity index is 254. The Kier molecular flexibility index (Phi) is 2.69. The van der Waals surface area contributed by atoms with Gasteiger partial charge in [-0.15, -0.1) is 5.06 Å². The van der Waals surface area contributed by atoms with E-state index >= 15 is 0 Å². The topological polar surface area (TPSA) is 22.9 Å². The summed E-state index contributed by atoms with van der Waals surface area (Å²) in [5, 5.41) is 0.829. The minimum Gasteiger partial charge on any atom is -1.00 e. The molecule has 2 rings (SSSR count). The second-order valence-electron chi connectivity index (χ2n) is 2.22. The van der Waals surface area contributed by atoms with Gasteiger partial charge in [-0.1, -0.05) is 12.1 Å². The quantitative estimate of drug-likeness (QED) is 0.401. The number of benzene rings is 1. The zero-order valence-electron chi connectivity index (χ0n) is 6.00. The van der Waals surface area contributed by atoms with Crippen LogP contribution in [-0.2, 0) is 4.99 Å². The Hall–Kier alpha value is -0.330. The molecule has 3 nitrogen and oxygen atoms in total. The Balaban J connectivity index is 0.000000605. The first-order chi connectivity index (χ1) is 4.88. The lowest BCUT2D eigenvalue weighted by atomic mass is 10.3. The molecule has 1 unspecified atom stereocenters. The number of para-hydroxylation sites is 2. The van der Waals surface area contributed by atoms with E-state index in [1.807, 2.05) is 31.3 Å². The van der Waals surface area contributed by atoms with Crippen LogP contribution in [-0.4, -0.2) is 7.05 Å². The molecule has 1 aliphatic rings. The monoisotopic (exact) mass is 265 g/mol. The molecule has 1 aliphatic heterocycles. The largest absolute Gasteiger partial charge is 1.00 e. The Morgan fingerprint density at radius 3 is 2.73 bits per heavy atom. The molecule has 11 heavy (non-hydrogen) atoms. The van der Waals surface area contributed by atoms with Gasteiger partial charge in [0.15, 0.2) is 0 Å². The normalized spacial score (nSPS) is 19.9. The summed E-state index contributed by atoms with van der Waals surface area (Å²) in [5.74, 6) is 0.806. The molecular weight excluding hydrogens is 257 g/mol. The van der Waals surface area contributed by atoms with Crippen molar-refractivity contribution in [1.82, 2.24) is 0 Å². The Morgan fingerprint density at radius 1 is 1.27 bits per heavy atom. The molecule has 0 aliphatic carbocycles. The molecule has 0 amide bonds. The number of hydroxylamine groups is 1. The maximum absolute atomic E-state index is 4.87. The predicted octanol–water partition coefficient (Wildman–Crippen LogP) is -2.92. The molecule has 1 heterocycles. The van der Waals surface area contributed by atoms with Gasteiger partial charge in [-0.2, -0.15) is 0 Å². The van der Waals surface area contributed by atoms with E-state index in [-0.39, 0.29) is 24.0 Å². The minimum atomic E-state index is 0. The Labute approximate surface area is 81.8 Å². The summed E-state index contributed by atoms with van der Waals surface area (Å²) in [6.07, 6.45) is 0. The van der Waals surface area contributed by atoms with Crippen LogP contribution in [0.5, 0.6) is 5.75 Å². The number of hydrogen-bond donors (Lipinski definition) is 1. The number of hydrogen-bond acceptors (Lipinski definition) is 2. The maximum atomic E-state index is 4.87. The molecule has 0 spiro atoms. The summed E-state index contributed by atoms with van der Waals surface area (Å²) in [7, 11) is 1.88. The smallest absolute Gasteiger partial charge is 0.235 e. The van der Waals surface area contributed by atoms with Crippen LogP contribution in [0.1, 0.15) is 0 Å². The van der Waals surface area contributed by atoms with Gasteiger partial charge >= 0.3 is 0 Å². The van der Waals surface area contributed by atoms with E-state index in [1.165, 1.54) is 0 Å². The minimum absolute atomic E-state index is 0. The third kappa shape index (κ3) is 1.47. The summed E-state index contributed by atoms with van der Waals surface area (Å²) in [6.45, 7) is 0. The van der Waals surface area contributed by atoms with Crippen molar-refractivity contribution in [3.8, 4) is 5.75 Å². The lowest BCUT2D eigenvalue weighted by Crippen LogP contribution is -3.01. The summed E-state index contributed by atoms with van der Waals surface area (Å²) in [6, 6.07) is 7.73. The van der Waals surface area contributed by atoms with E-state index in [2.05, 4.69) is 0 Å². The lowest BCUT2D eigenvalue weighted by Gasteiger charge is -1.94. The molecule has 0 aromatic heterocycles. The fraction of sp³-hybridized carbons (Fsp3) is 0.143. The molecular formula is C7H8INO2. The van der Waals surface area contributed by atoms with Gasteiger partial charge < -0.3 is 24.0 Å². The van der Waals surface area contributed by atoms with Crippen LogP contribution in [0, 0.1) is 0 Å². The molecule has 60 valence electrons. The first kappa shape index (κ1) is 8.76. The van der Waals surface area contributed by atoms with Crippen molar-refractivity contribution < 1.29 is 38.9 Å². The number of rotatable bonds is 0. The molecule has 1 atom stereocenters. The fourth-order valence-corrected chi connectivity index (χ4v) is 0.982. The maximum Gasteiger partial charge on any atom is 0.235 e. The van der Waals surface area contributed by atoms with Crippen molar-refractivity contribution in [3.05, 3.63) is 24.3 Å². The third-order valence-corrected chi connectivity index (χ3v) is 1.52. The highest BCUT2D eigenvalue weighted by molar-refractivity contribution is 5.45. The van der Waals surface area contributed by atoms with Crippen LogP contribution in [0.2, 0.25) is 0 Å². The number of quaternary nitrogens is 1. The van der Waals surface area contributed by atoms with Crippen molar-refractivity contribution in [2.24, 2.45) is 0 Å². The first-order valence-corrected chi connectivity index (χ1v) is 3.15. The molecule has 0 bridgehead atoms. The van der Waals surface area contributed by atoms with Crippen molar-refractivity contribution in [2.45, 2.75) is 0 Å². The van der Waals surface area contributed by atoms with E-state index in [0.29, 0.717) is 0 Å². The highest BCUT2D eigenvalue weighted by Crippen LogP contribution is 2.22. The summed E-state index contributed by atoms with van der Waals surface area (Å²) < 4.78 is 0. The highest BCUT2D eigenvalue weighted by Gasteiger charge is 2.23. The Morgan fingerprint density at radius 2 is 2.00 bits per heavy atom.